The second-order valence-electron chi connectivity index (χ2n) is 13.1. The van der Waals surface area contributed by atoms with Crippen molar-refractivity contribution in [3.63, 3.8) is 0 Å². The number of nitrogens with zero attached hydrogens (tertiary/aromatic N) is 1. The van der Waals surface area contributed by atoms with E-state index < -0.39 is 43.5 Å². The molecule has 0 spiro atoms. The summed E-state index contributed by atoms with van der Waals surface area (Å²) in [7, 11) is -1.42. The Kier molecular flexibility index (Phi) is 11.3. The van der Waals surface area contributed by atoms with Gasteiger partial charge in [-0.05, 0) is 65.7 Å². The van der Waals surface area contributed by atoms with Crippen LogP contribution < -0.4 is 0 Å². The van der Waals surface area contributed by atoms with Crippen molar-refractivity contribution in [2.45, 2.75) is 83.0 Å². The Bertz CT molecular complexity index is 1200. The van der Waals surface area contributed by atoms with E-state index >= 15 is 0 Å². The quantitative estimate of drug-likeness (QED) is 0.136. The van der Waals surface area contributed by atoms with E-state index in [9.17, 15) is 14.4 Å². The first-order valence-electron chi connectivity index (χ1n) is 14.7. The lowest BCUT2D eigenvalue weighted by atomic mass is 10.2. The SMILES string of the molecule is COC(=O)C(C[Si](Cc1ccccc1)(Cc1ccccc1)Cc1ccccc1)N(C(=O)OC(C)(C)C)C(=O)OC(C)(C)C. The average Bonchev–Trinajstić information content (AvgIpc) is 2.92. The van der Waals surface area contributed by atoms with Gasteiger partial charge in [-0.3, -0.25) is 0 Å². The van der Waals surface area contributed by atoms with E-state index in [0.29, 0.717) is 18.1 Å². The van der Waals surface area contributed by atoms with Crippen molar-refractivity contribution in [2.75, 3.05) is 7.11 Å². The molecule has 0 aliphatic heterocycles. The summed E-state index contributed by atoms with van der Waals surface area (Å²) in [5, 5.41) is 0. The maximum absolute atomic E-state index is 13.7. The highest BCUT2D eigenvalue weighted by Gasteiger charge is 2.47. The third kappa shape index (κ3) is 10.7. The fourth-order valence-corrected chi connectivity index (χ4v) is 10.6. The smallest absolute Gasteiger partial charge is 0.420 e. The lowest BCUT2D eigenvalue weighted by Crippen LogP contribution is -2.57. The molecule has 3 aromatic carbocycles. The van der Waals surface area contributed by atoms with Crippen LogP contribution in [0.25, 0.3) is 0 Å². The topological polar surface area (TPSA) is 82.1 Å². The largest absolute Gasteiger partial charge is 0.467 e. The zero-order chi connectivity index (χ0) is 31.7. The molecule has 0 N–H and O–H groups in total. The van der Waals surface area contributed by atoms with E-state index in [1.54, 1.807) is 41.5 Å². The fraction of sp³-hybridized carbons (Fsp3) is 0.400. The third-order valence-corrected chi connectivity index (χ3v) is 11.6. The van der Waals surface area contributed by atoms with Gasteiger partial charge in [0.1, 0.15) is 17.2 Å². The number of carbonyl (C=O) groups excluding carboxylic acids is 3. The number of benzene rings is 3. The lowest BCUT2D eigenvalue weighted by molar-refractivity contribution is -0.146. The Balaban J connectivity index is 2.22. The molecule has 230 valence electrons. The summed E-state index contributed by atoms with van der Waals surface area (Å²) in [5.74, 6) is -0.692. The van der Waals surface area contributed by atoms with Crippen LogP contribution in [0.15, 0.2) is 91.0 Å². The van der Waals surface area contributed by atoms with E-state index in [-0.39, 0.29) is 6.04 Å². The summed E-state index contributed by atoms with van der Waals surface area (Å²) in [5.41, 5.74) is 1.57. The van der Waals surface area contributed by atoms with Crippen LogP contribution in [0.4, 0.5) is 9.59 Å². The molecule has 0 saturated heterocycles. The Morgan fingerprint density at radius 3 is 1.23 bits per heavy atom. The second kappa shape index (κ2) is 14.5. The third-order valence-electron chi connectivity index (χ3n) is 6.86. The van der Waals surface area contributed by atoms with Crippen LogP contribution in [0, 0.1) is 0 Å². The van der Waals surface area contributed by atoms with Crippen LogP contribution in [0.2, 0.25) is 6.04 Å². The highest BCUT2D eigenvalue weighted by molar-refractivity contribution is 6.78. The first-order chi connectivity index (χ1) is 20.2. The second-order valence-corrected chi connectivity index (χ2v) is 17.5. The molecule has 3 rings (SSSR count). The molecule has 8 heteroatoms. The van der Waals surface area contributed by atoms with Crippen LogP contribution in [-0.4, -0.2) is 55.5 Å². The van der Waals surface area contributed by atoms with E-state index in [4.69, 9.17) is 14.2 Å². The van der Waals surface area contributed by atoms with E-state index in [1.807, 2.05) is 54.6 Å². The van der Waals surface area contributed by atoms with Crippen molar-refractivity contribution < 1.29 is 28.6 Å². The summed E-state index contributed by atoms with van der Waals surface area (Å²) in [6, 6.07) is 31.6. The summed E-state index contributed by atoms with van der Waals surface area (Å²) >= 11 is 0. The highest BCUT2D eigenvalue weighted by atomic mass is 28.3. The van der Waals surface area contributed by atoms with Crippen LogP contribution in [-0.2, 0) is 37.1 Å². The minimum Gasteiger partial charge on any atom is -0.467 e. The zero-order valence-electron chi connectivity index (χ0n) is 26.5. The number of rotatable bonds is 10. The molecule has 3 aromatic rings. The maximum Gasteiger partial charge on any atom is 0.420 e. The van der Waals surface area contributed by atoms with Crippen molar-refractivity contribution in [3.05, 3.63) is 108 Å². The van der Waals surface area contributed by atoms with Crippen LogP contribution in [0.1, 0.15) is 58.2 Å². The molecule has 1 atom stereocenters. The van der Waals surface area contributed by atoms with E-state index in [1.165, 1.54) is 7.11 Å². The molecule has 0 heterocycles. The molecule has 0 saturated carbocycles. The Morgan fingerprint density at radius 1 is 0.628 bits per heavy atom. The Morgan fingerprint density at radius 2 is 0.953 bits per heavy atom. The number of hydrogen-bond acceptors (Lipinski definition) is 6. The molecule has 0 fully saturated rings. The van der Waals surface area contributed by atoms with Gasteiger partial charge in [0.15, 0.2) is 0 Å². The highest BCUT2D eigenvalue weighted by Crippen LogP contribution is 2.31. The number of esters is 1. The Labute approximate surface area is 257 Å². The van der Waals surface area contributed by atoms with E-state index in [2.05, 4.69) is 36.4 Å². The summed E-state index contributed by atoms with van der Waals surface area (Å²) in [6.07, 6.45) is -1.89. The van der Waals surface area contributed by atoms with Crippen LogP contribution in [0.3, 0.4) is 0 Å². The molecule has 0 aliphatic carbocycles. The zero-order valence-corrected chi connectivity index (χ0v) is 27.5. The molecule has 1 unspecified atom stereocenters. The van der Waals surface area contributed by atoms with E-state index in [0.717, 1.165) is 21.6 Å². The molecule has 0 aromatic heterocycles. The van der Waals surface area contributed by atoms with Gasteiger partial charge >= 0.3 is 18.2 Å². The van der Waals surface area contributed by atoms with Crippen molar-refractivity contribution in [1.82, 2.24) is 4.90 Å². The van der Waals surface area contributed by atoms with Crippen LogP contribution >= 0.6 is 0 Å². The first-order valence-corrected chi connectivity index (χ1v) is 17.5. The molecule has 0 aliphatic rings. The predicted octanol–water partition coefficient (Wildman–Crippen LogP) is 7.49. The number of amides is 2. The van der Waals surface area contributed by atoms with Gasteiger partial charge in [0.05, 0.1) is 15.2 Å². The lowest BCUT2D eigenvalue weighted by Gasteiger charge is -2.39. The summed E-state index contributed by atoms with van der Waals surface area (Å²) in [6.45, 7) is 10.3. The maximum atomic E-state index is 13.7. The monoisotopic (exact) mass is 603 g/mol. The van der Waals surface area contributed by atoms with Gasteiger partial charge in [0.25, 0.3) is 0 Å². The fourth-order valence-electron chi connectivity index (χ4n) is 5.27. The summed E-state index contributed by atoms with van der Waals surface area (Å²) < 4.78 is 16.6. The number of ether oxygens (including phenoxy) is 3. The van der Waals surface area contributed by atoms with Crippen molar-refractivity contribution >= 4 is 26.2 Å². The Hall–Kier alpha value is -3.91. The molecular formula is C35H45NO6Si. The molecule has 0 bridgehead atoms. The minimum atomic E-state index is -2.69. The standard InChI is InChI=1S/C35H45NO6Si/c1-34(2,3)41-32(38)36(33(39)42-35(4,5)6)30(31(37)40-7)26-43(23-27-17-11-8-12-18-27,24-28-19-13-9-14-20-28)25-29-21-15-10-16-22-29/h8-22,30H,23-26H2,1-7H3. The normalized spacial score (nSPS) is 12.6. The number of hydrogen-bond donors (Lipinski definition) is 0. The molecule has 0 radical (unpaired) electrons. The molecule has 7 nitrogen and oxygen atoms in total. The van der Waals surface area contributed by atoms with Crippen molar-refractivity contribution in [2.24, 2.45) is 0 Å². The first kappa shape index (κ1) is 33.6. The predicted molar refractivity (Wildman–Crippen MR) is 171 cm³/mol. The summed E-state index contributed by atoms with van der Waals surface area (Å²) in [4.78, 5) is 41.9. The van der Waals surface area contributed by atoms with Gasteiger partial charge in [0, 0.05) is 0 Å². The number of carbonyl (C=O) groups is 3. The van der Waals surface area contributed by atoms with Gasteiger partial charge in [0.2, 0.25) is 0 Å². The number of imide groups is 1. The molecule has 43 heavy (non-hydrogen) atoms. The van der Waals surface area contributed by atoms with Gasteiger partial charge in [-0.15, -0.1) is 0 Å². The van der Waals surface area contributed by atoms with Crippen LogP contribution in [0.5, 0.6) is 0 Å². The minimum absolute atomic E-state index is 0.247. The average molecular weight is 604 g/mol. The van der Waals surface area contributed by atoms with Gasteiger partial charge in [-0.2, -0.15) is 4.90 Å². The van der Waals surface area contributed by atoms with Crippen molar-refractivity contribution in [1.29, 1.82) is 0 Å². The number of methoxy groups -OCH3 is 1. The van der Waals surface area contributed by atoms with Gasteiger partial charge in [-0.1, -0.05) is 108 Å². The van der Waals surface area contributed by atoms with Gasteiger partial charge < -0.3 is 14.2 Å². The van der Waals surface area contributed by atoms with Gasteiger partial charge in [-0.25, -0.2) is 14.4 Å². The van der Waals surface area contributed by atoms with Crippen molar-refractivity contribution in [3.8, 4) is 0 Å². The molecule has 2 amide bonds. The molecular weight excluding hydrogens is 558 g/mol.